The number of aromatic nitrogens is 1. The summed E-state index contributed by atoms with van der Waals surface area (Å²) in [6, 6.07) is 7.30. The number of benzene rings is 1. The maximum atomic E-state index is 10.3. The highest BCUT2D eigenvalue weighted by atomic mass is 127. The van der Waals surface area contributed by atoms with E-state index in [4.69, 9.17) is 11.6 Å². The van der Waals surface area contributed by atoms with Gasteiger partial charge in [-0.05, 0) is 26.8 Å². The fourth-order valence-electron chi connectivity index (χ4n) is 2.26. The van der Waals surface area contributed by atoms with E-state index in [0.29, 0.717) is 29.6 Å². The number of aliphatic hydroxyl groups excluding tert-OH is 1. The second kappa shape index (κ2) is 10.9. The van der Waals surface area contributed by atoms with Crippen LogP contribution >= 0.6 is 46.9 Å². The number of guanidine groups is 1. The van der Waals surface area contributed by atoms with Crippen molar-refractivity contribution < 1.29 is 5.11 Å². The number of halogens is 2. The second-order valence-corrected chi connectivity index (χ2v) is 7.05. The number of thiazole rings is 1. The molecule has 0 aliphatic carbocycles. The molecule has 2 rings (SSSR count). The van der Waals surface area contributed by atoms with Crippen molar-refractivity contribution in [3.63, 3.8) is 0 Å². The highest BCUT2D eigenvalue weighted by Crippen LogP contribution is 2.22. The Bertz CT molecular complexity index is 708. The number of nitrogens with zero attached hydrogens (tertiary/aromatic N) is 2. The lowest BCUT2D eigenvalue weighted by Crippen LogP contribution is -2.39. The molecular formula is C17H24ClIN4OS. The van der Waals surface area contributed by atoms with E-state index in [9.17, 15) is 5.11 Å². The topological polar surface area (TPSA) is 69.5 Å². The van der Waals surface area contributed by atoms with Crippen LogP contribution in [0.25, 0.3) is 0 Å². The molecule has 0 bridgehead atoms. The number of hydrogen-bond donors (Lipinski definition) is 3. The minimum absolute atomic E-state index is 0. The number of hydrogen-bond acceptors (Lipinski definition) is 4. The van der Waals surface area contributed by atoms with Gasteiger partial charge in [-0.2, -0.15) is 0 Å². The lowest BCUT2D eigenvalue weighted by molar-refractivity contribution is 0.181. The van der Waals surface area contributed by atoms with Gasteiger partial charge >= 0.3 is 0 Å². The summed E-state index contributed by atoms with van der Waals surface area (Å²) in [5.41, 5.74) is 1.73. The molecule has 3 N–H and O–H groups in total. The first-order valence-corrected chi connectivity index (χ1v) is 9.08. The Morgan fingerprint density at radius 2 is 2.04 bits per heavy atom. The highest BCUT2D eigenvalue weighted by Gasteiger charge is 2.12. The van der Waals surface area contributed by atoms with Gasteiger partial charge < -0.3 is 15.7 Å². The summed E-state index contributed by atoms with van der Waals surface area (Å²) in [6.07, 6.45) is -0.699. The van der Waals surface area contributed by atoms with E-state index in [-0.39, 0.29) is 24.0 Å². The smallest absolute Gasteiger partial charge is 0.191 e. The van der Waals surface area contributed by atoms with Gasteiger partial charge in [-0.25, -0.2) is 9.98 Å². The van der Waals surface area contributed by atoms with Crippen molar-refractivity contribution >= 4 is 52.9 Å². The van der Waals surface area contributed by atoms with Gasteiger partial charge in [0.1, 0.15) is 0 Å². The Morgan fingerprint density at radius 1 is 1.32 bits per heavy atom. The number of aliphatic imine (C=N–C) groups is 1. The van der Waals surface area contributed by atoms with Crippen molar-refractivity contribution in [1.82, 2.24) is 15.6 Å². The molecule has 1 aromatic heterocycles. The quantitative estimate of drug-likeness (QED) is 0.324. The summed E-state index contributed by atoms with van der Waals surface area (Å²) >= 11 is 7.77. The van der Waals surface area contributed by atoms with Crippen LogP contribution in [0.5, 0.6) is 0 Å². The molecule has 0 spiro atoms. The molecule has 25 heavy (non-hydrogen) atoms. The molecule has 5 nitrogen and oxygen atoms in total. The maximum absolute atomic E-state index is 10.3. The molecule has 1 aromatic carbocycles. The van der Waals surface area contributed by atoms with Gasteiger partial charge in [0.2, 0.25) is 0 Å². The Kier molecular flexibility index (Phi) is 9.70. The minimum Gasteiger partial charge on any atom is -0.387 e. The fraction of sp³-hybridized carbons (Fsp3) is 0.412. The summed E-state index contributed by atoms with van der Waals surface area (Å²) in [7, 11) is 0. The lowest BCUT2D eigenvalue weighted by Gasteiger charge is -2.16. The number of aryl methyl sites for hydroxylation is 2. The summed E-state index contributed by atoms with van der Waals surface area (Å²) in [4.78, 5) is 10.1. The van der Waals surface area contributed by atoms with Gasteiger partial charge in [0.15, 0.2) is 5.96 Å². The summed E-state index contributed by atoms with van der Waals surface area (Å²) in [5, 5.41) is 18.3. The molecule has 0 aliphatic rings. The van der Waals surface area contributed by atoms with E-state index in [1.165, 1.54) is 0 Å². The van der Waals surface area contributed by atoms with Crippen LogP contribution in [-0.2, 0) is 6.54 Å². The Hall–Kier alpha value is -0.900. The van der Waals surface area contributed by atoms with Gasteiger partial charge in [-0.1, -0.05) is 29.8 Å². The first-order chi connectivity index (χ1) is 11.5. The van der Waals surface area contributed by atoms with E-state index in [0.717, 1.165) is 22.1 Å². The third kappa shape index (κ3) is 6.73. The molecule has 0 fully saturated rings. The van der Waals surface area contributed by atoms with E-state index in [2.05, 4.69) is 20.6 Å². The summed E-state index contributed by atoms with van der Waals surface area (Å²) in [6.45, 7) is 7.63. The summed E-state index contributed by atoms with van der Waals surface area (Å²) in [5.74, 6) is 0.661. The molecular weight excluding hydrogens is 471 g/mol. The fourth-order valence-corrected chi connectivity index (χ4v) is 3.38. The van der Waals surface area contributed by atoms with Crippen molar-refractivity contribution in [2.75, 3.05) is 13.1 Å². The second-order valence-electron chi connectivity index (χ2n) is 5.35. The van der Waals surface area contributed by atoms with Crippen LogP contribution in [0.3, 0.4) is 0 Å². The zero-order chi connectivity index (χ0) is 17.5. The Labute approximate surface area is 175 Å². The molecule has 1 atom stereocenters. The molecule has 0 saturated carbocycles. The van der Waals surface area contributed by atoms with Gasteiger partial charge in [0.25, 0.3) is 0 Å². The van der Waals surface area contributed by atoms with Crippen molar-refractivity contribution in [3.8, 4) is 0 Å². The number of nitrogens with one attached hydrogen (secondary N) is 2. The van der Waals surface area contributed by atoms with Gasteiger partial charge in [-0.3, -0.25) is 0 Å². The van der Waals surface area contributed by atoms with Crippen LogP contribution in [0.15, 0.2) is 29.3 Å². The average molecular weight is 495 g/mol. The zero-order valence-corrected chi connectivity index (χ0v) is 18.4. The van der Waals surface area contributed by atoms with E-state index in [1.807, 2.05) is 39.0 Å². The van der Waals surface area contributed by atoms with Gasteiger partial charge in [0, 0.05) is 28.6 Å². The molecule has 138 valence electrons. The molecule has 0 radical (unpaired) electrons. The normalized spacial score (nSPS) is 12.4. The third-order valence-electron chi connectivity index (χ3n) is 3.45. The number of aliphatic hydroxyl groups is 1. The largest absolute Gasteiger partial charge is 0.387 e. The van der Waals surface area contributed by atoms with Gasteiger partial charge in [0.05, 0.1) is 23.4 Å². The van der Waals surface area contributed by atoms with Crippen molar-refractivity contribution in [2.24, 2.45) is 4.99 Å². The molecule has 0 saturated heterocycles. The SMILES string of the molecule is CCNC(=NCc1sc(C)nc1C)NCC(O)c1ccccc1Cl.I. The molecule has 1 heterocycles. The van der Waals surface area contributed by atoms with E-state index < -0.39 is 6.10 Å². The van der Waals surface area contributed by atoms with Crippen LogP contribution < -0.4 is 10.6 Å². The first-order valence-electron chi connectivity index (χ1n) is 7.88. The monoisotopic (exact) mass is 494 g/mol. The van der Waals surface area contributed by atoms with Gasteiger partial charge in [-0.15, -0.1) is 35.3 Å². The summed E-state index contributed by atoms with van der Waals surface area (Å²) < 4.78 is 0. The van der Waals surface area contributed by atoms with Crippen molar-refractivity contribution in [2.45, 2.75) is 33.4 Å². The lowest BCUT2D eigenvalue weighted by atomic mass is 10.1. The van der Waals surface area contributed by atoms with Crippen molar-refractivity contribution in [1.29, 1.82) is 0 Å². The first kappa shape index (κ1) is 22.1. The molecule has 1 unspecified atom stereocenters. The van der Waals surface area contributed by atoms with Crippen LogP contribution in [0.4, 0.5) is 0 Å². The average Bonchev–Trinajstić information content (AvgIpc) is 2.88. The highest BCUT2D eigenvalue weighted by molar-refractivity contribution is 14.0. The standard InChI is InChI=1S/C17H23ClN4OS.HI/c1-4-19-17(21-10-16-11(2)22-12(3)24-16)20-9-15(23)13-7-5-6-8-14(13)18;/h5-8,15,23H,4,9-10H2,1-3H3,(H2,19,20,21);1H. The molecule has 2 aromatic rings. The predicted octanol–water partition coefficient (Wildman–Crippen LogP) is 3.82. The van der Waals surface area contributed by atoms with Crippen LogP contribution in [0.1, 0.15) is 34.2 Å². The zero-order valence-electron chi connectivity index (χ0n) is 14.5. The maximum Gasteiger partial charge on any atom is 0.191 e. The van der Waals surface area contributed by atoms with Crippen molar-refractivity contribution in [3.05, 3.63) is 50.4 Å². The third-order valence-corrected chi connectivity index (χ3v) is 4.85. The predicted molar refractivity (Wildman–Crippen MR) is 116 cm³/mol. The van der Waals surface area contributed by atoms with Crippen LogP contribution in [0, 0.1) is 13.8 Å². The van der Waals surface area contributed by atoms with E-state index in [1.54, 1.807) is 17.4 Å². The minimum atomic E-state index is -0.699. The molecule has 8 heteroatoms. The molecule has 0 amide bonds. The Morgan fingerprint density at radius 3 is 2.64 bits per heavy atom. The van der Waals surface area contributed by atoms with Crippen LogP contribution in [-0.4, -0.2) is 29.1 Å². The Balaban J connectivity index is 0.00000312. The number of rotatable bonds is 6. The van der Waals surface area contributed by atoms with Crippen LogP contribution in [0.2, 0.25) is 5.02 Å². The van der Waals surface area contributed by atoms with E-state index >= 15 is 0 Å². The molecule has 0 aliphatic heterocycles.